The van der Waals surface area contributed by atoms with E-state index in [1.54, 1.807) is 0 Å². The van der Waals surface area contributed by atoms with Crippen molar-refractivity contribution in [1.29, 1.82) is 0 Å². The molecule has 9 aromatic rings. The molecule has 0 spiro atoms. The number of fused-ring (bicyclic) bond motifs is 4. The summed E-state index contributed by atoms with van der Waals surface area (Å²) < 4.78 is 0. The highest BCUT2D eigenvalue weighted by Gasteiger charge is 2.46. The lowest BCUT2D eigenvalue weighted by atomic mass is 9.67. The van der Waals surface area contributed by atoms with E-state index < -0.39 is 5.41 Å². The second kappa shape index (κ2) is 15.6. The minimum atomic E-state index is -0.461. The van der Waals surface area contributed by atoms with Crippen LogP contribution in [0.5, 0.6) is 0 Å². The maximum absolute atomic E-state index is 4.03. The van der Waals surface area contributed by atoms with Gasteiger partial charge < -0.3 is 5.32 Å². The maximum atomic E-state index is 4.03. The first-order chi connectivity index (χ1) is 30.2. The second-order valence-electron chi connectivity index (χ2n) is 17.1. The van der Waals surface area contributed by atoms with Crippen LogP contribution in [0.4, 0.5) is 11.4 Å². The molecule has 61 heavy (non-hydrogen) atoms. The average Bonchev–Trinajstić information content (AvgIpc) is 3.62. The summed E-state index contributed by atoms with van der Waals surface area (Å²) >= 11 is 0. The number of para-hydroxylation sites is 1. The van der Waals surface area contributed by atoms with Crippen LogP contribution in [0.25, 0.3) is 55.3 Å². The van der Waals surface area contributed by atoms with Crippen molar-refractivity contribution in [3.63, 3.8) is 0 Å². The van der Waals surface area contributed by atoms with E-state index in [2.05, 4.69) is 218 Å². The second-order valence-corrected chi connectivity index (χ2v) is 17.1. The monoisotopic (exact) mass is 783 g/mol. The third-order valence-corrected chi connectivity index (χ3v) is 13.7. The molecule has 0 unspecified atom stereocenters. The maximum Gasteiger partial charge on any atom is 0.0714 e. The van der Waals surface area contributed by atoms with Crippen LogP contribution in [0, 0.1) is 6.92 Å². The summed E-state index contributed by atoms with van der Waals surface area (Å²) in [5, 5.41) is 6.73. The normalized spacial score (nSPS) is 14.4. The lowest BCUT2D eigenvalue weighted by molar-refractivity contribution is 0.445. The fourth-order valence-electron chi connectivity index (χ4n) is 11.0. The largest absolute Gasteiger partial charge is 0.355 e. The van der Waals surface area contributed by atoms with Crippen molar-refractivity contribution in [3.8, 4) is 44.5 Å². The Morgan fingerprint density at radius 2 is 1.02 bits per heavy atom. The number of nitrogens with one attached hydrogen (secondary N) is 1. The van der Waals surface area contributed by atoms with Crippen LogP contribution in [-0.4, -0.2) is 0 Å². The van der Waals surface area contributed by atoms with Gasteiger partial charge in [0.05, 0.1) is 5.41 Å². The molecule has 0 atom stereocenters. The third-order valence-electron chi connectivity index (χ3n) is 13.7. The van der Waals surface area contributed by atoms with Crippen LogP contribution in [0.15, 0.2) is 206 Å². The molecule has 1 N–H and O–H groups in total. The van der Waals surface area contributed by atoms with Gasteiger partial charge in [-0.05, 0) is 139 Å². The Kier molecular flexibility index (Phi) is 9.46. The molecule has 2 aliphatic carbocycles. The molecule has 0 radical (unpaired) electrons. The Balaban J connectivity index is 1.09. The Morgan fingerprint density at radius 3 is 1.75 bits per heavy atom. The summed E-state index contributed by atoms with van der Waals surface area (Å²) in [6.45, 7) is 2.28. The van der Waals surface area contributed by atoms with Crippen molar-refractivity contribution in [2.45, 2.75) is 50.4 Å². The summed E-state index contributed by atoms with van der Waals surface area (Å²) in [7, 11) is 0. The van der Waals surface area contributed by atoms with Gasteiger partial charge in [-0.25, -0.2) is 0 Å². The van der Waals surface area contributed by atoms with Gasteiger partial charge in [0.2, 0.25) is 0 Å². The van der Waals surface area contributed by atoms with Gasteiger partial charge in [-0.1, -0.05) is 195 Å². The molecule has 0 saturated heterocycles. The van der Waals surface area contributed by atoms with E-state index in [0.717, 1.165) is 11.4 Å². The van der Waals surface area contributed by atoms with Crippen molar-refractivity contribution in [2.75, 3.05) is 5.32 Å². The van der Waals surface area contributed by atoms with Gasteiger partial charge in [-0.3, -0.25) is 0 Å². The standard InChI is InChI=1S/C60H49N/c1-41-49(42-20-6-2-7-21-42)31-19-32-50(41)45-38-44-24-18-33-51(43-22-8-3-9-23-43)59(44)55(39-45)54-30-15-17-35-58(54)61-48-36-37-53-52-29-14-16-34-56(52)60(57(53)40-48,46-25-10-4-11-26-46)47-27-12-5-13-28-47/h2,4-7,10-21,24-40,43,61H,3,8-9,22-23H2,1H3. The van der Waals surface area contributed by atoms with Gasteiger partial charge in [-0.2, -0.15) is 0 Å². The molecular weight excluding hydrogens is 735 g/mol. The fraction of sp³-hybridized carbons (Fsp3) is 0.133. The molecule has 0 bridgehead atoms. The molecule has 9 aromatic carbocycles. The fourth-order valence-corrected chi connectivity index (χ4v) is 11.0. The van der Waals surface area contributed by atoms with Gasteiger partial charge in [0.25, 0.3) is 0 Å². The van der Waals surface area contributed by atoms with Gasteiger partial charge in [0.1, 0.15) is 0 Å². The molecular formula is C60H49N. The molecule has 2 aliphatic rings. The molecule has 0 heterocycles. The topological polar surface area (TPSA) is 12.0 Å². The van der Waals surface area contributed by atoms with E-state index in [1.807, 2.05) is 0 Å². The number of rotatable bonds is 8. The predicted molar refractivity (Wildman–Crippen MR) is 258 cm³/mol. The van der Waals surface area contributed by atoms with Crippen molar-refractivity contribution in [1.82, 2.24) is 0 Å². The quantitative estimate of drug-likeness (QED) is 0.162. The van der Waals surface area contributed by atoms with Crippen molar-refractivity contribution < 1.29 is 0 Å². The molecule has 1 saturated carbocycles. The number of hydrogen-bond donors (Lipinski definition) is 1. The molecule has 1 fully saturated rings. The number of anilines is 2. The van der Waals surface area contributed by atoms with E-state index in [1.165, 1.54) is 121 Å². The van der Waals surface area contributed by atoms with E-state index in [0.29, 0.717) is 5.92 Å². The lowest BCUT2D eigenvalue weighted by Crippen LogP contribution is -2.28. The summed E-state index contributed by atoms with van der Waals surface area (Å²) in [6, 6.07) is 76.8. The molecule has 0 aliphatic heterocycles. The highest BCUT2D eigenvalue weighted by atomic mass is 14.9. The summed E-state index contributed by atoms with van der Waals surface area (Å²) in [5.41, 5.74) is 19.8. The summed E-state index contributed by atoms with van der Waals surface area (Å²) in [4.78, 5) is 0. The van der Waals surface area contributed by atoms with Gasteiger partial charge in [0, 0.05) is 16.9 Å². The van der Waals surface area contributed by atoms with Crippen LogP contribution in [0.3, 0.4) is 0 Å². The smallest absolute Gasteiger partial charge is 0.0714 e. The van der Waals surface area contributed by atoms with Crippen molar-refractivity contribution >= 4 is 22.1 Å². The Morgan fingerprint density at radius 1 is 0.426 bits per heavy atom. The average molecular weight is 784 g/mol. The SMILES string of the molecule is Cc1c(-c2ccccc2)cccc1-c1cc(-c2ccccc2Nc2ccc3c(c2)C(c2ccccc2)(c2ccccc2)c2ccccc2-3)c2c(C3CCCCC3)cccc2c1. The zero-order valence-corrected chi connectivity index (χ0v) is 34.7. The first-order valence-corrected chi connectivity index (χ1v) is 22.1. The minimum absolute atomic E-state index is 0.461. The molecule has 294 valence electrons. The van der Waals surface area contributed by atoms with Crippen molar-refractivity contribution in [2.24, 2.45) is 0 Å². The highest BCUT2D eigenvalue weighted by Crippen LogP contribution is 2.57. The van der Waals surface area contributed by atoms with Crippen LogP contribution in [-0.2, 0) is 5.41 Å². The first kappa shape index (κ1) is 37.1. The number of hydrogen-bond acceptors (Lipinski definition) is 1. The van der Waals surface area contributed by atoms with Gasteiger partial charge in [0.15, 0.2) is 0 Å². The predicted octanol–water partition coefficient (Wildman–Crippen LogP) is 16.3. The third kappa shape index (κ3) is 6.30. The lowest BCUT2D eigenvalue weighted by Gasteiger charge is -2.34. The zero-order valence-electron chi connectivity index (χ0n) is 34.7. The summed E-state index contributed by atoms with van der Waals surface area (Å²) in [5.74, 6) is 0.563. The van der Waals surface area contributed by atoms with E-state index in [9.17, 15) is 0 Å². The number of benzene rings is 9. The Bertz CT molecular complexity index is 2990. The zero-order chi connectivity index (χ0) is 40.8. The molecule has 1 heteroatoms. The first-order valence-electron chi connectivity index (χ1n) is 22.1. The molecule has 0 amide bonds. The van der Waals surface area contributed by atoms with E-state index >= 15 is 0 Å². The Hall–Kier alpha value is -6.96. The van der Waals surface area contributed by atoms with Crippen LogP contribution in [0.1, 0.15) is 71.4 Å². The van der Waals surface area contributed by atoms with Crippen molar-refractivity contribution in [3.05, 3.63) is 240 Å². The summed E-state index contributed by atoms with van der Waals surface area (Å²) in [6.07, 6.45) is 6.44. The van der Waals surface area contributed by atoms with Crippen LogP contribution < -0.4 is 5.32 Å². The molecule has 0 aromatic heterocycles. The minimum Gasteiger partial charge on any atom is -0.355 e. The van der Waals surface area contributed by atoms with Gasteiger partial charge in [-0.15, -0.1) is 0 Å². The highest BCUT2D eigenvalue weighted by molar-refractivity contribution is 6.05. The van der Waals surface area contributed by atoms with Gasteiger partial charge >= 0.3 is 0 Å². The molecule has 1 nitrogen and oxygen atoms in total. The van der Waals surface area contributed by atoms with Crippen LogP contribution in [0.2, 0.25) is 0 Å². The van der Waals surface area contributed by atoms with E-state index in [-0.39, 0.29) is 0 Å². The van der Waals surface area contributed by atoms with E-state index in [4.69, 9.17) is 0 Å². The van der Waals surface area contributed by atoms with Crippen LogP contribution >= 0.6 is 0 Å². The Labute approximate surface area is 360 Å². The molecule has 11 rings (SSSR count).